The summed E-state index contributed by atoms with van der Waals surface area (Å²) in [6.45, 7) is -1.69. The Bertz CT molecular complexity index is 483. The minimum atomic E-state index is -4.55. The molecule has 0 bridgehead atoms. The van der Waals surface area contributed by atoms with E-state index in [2.05, 4.69) is 20.1 Å². The van der Waals surface area contributed by atoms with Crippen LogP contribution >= 0.6 is 0 Å². The fourth-order valence-electron chi connectivity index (χ4n) is 0.509. The Hall–Kier alpha value is -2.29. The minimum absolute atomic E-state index is 0.759. The first-order chi connectivity index (χ1) is 7.44. The Balaban J connectivity index is 4.57. The molecular weight excluding hydrogens is 242 g/mol. The number of nitrogens with zero attached hydrogens (tertiary/aromatic N) is 6. The van der Waals surface area contributed by atoms with Crippen molar-refractivity contribution in [3.8, 4) is 0 Å². The molecule has 0 aromatic rings. The Morgan fingerprint density at radius 1 is 1.12 bits per heavy atom. The first-order valence-electron chi connectivity index (χ1n) is 3.54. The number of nitrogens with one attached hydrogen (secondary N) is 1. The summed E-state index contributed by atoms with van der Waals surface area (Å²) >= 11 is 0. The Morgan fingerprint density at radius 3 is 2.12 bits per heavy atom. The summed E-state index contributed by atoms with van der Waals surface area (Å²) in [5.41, 5.74) is 15.7. The molecule has 16 heavy (non-hydrogen) atoms. The van der Waals surface area contributed by atoms with Gasteiger partial charge in [0.15, 0.2) is 0 Å². The molecule has 0 radical (unpaired) electrons. The van der Waals surface area contributed by atoms with E-state index in [1.54, 1.807) is 0 Å². The molecule has 0 aromatic carbocycles. The highest BCUT2D eigenvalue weighted by Crippen LogP contribution is 1.89. The number of hydrogen-bond acceptors (Lipinski definition) is 6. The second kappa shape index (κ2) is 6.24. The fourth-order valence-corrected chi connectivity index (χ4v) is 1.22. The summed E-state index contributed by atoms with van der Waals surface area (Å²) in [6, 6.07) is 0. The van der Waals surface area contributed by atoms with Gasteiger partial charge in [0.05, 0.1) is 0 Å². The first-order valence-corrected chi connectivity index (χ1v) is 5.02. The third-order valence-corrected chi connectivity index (χ3v) is 2.31. The smallest absolute Gasteiger partial charge is 0.279 e. The van der Waals surface area contributed by atoms with Crippen LogP contribution in [0.4, 0.5) is 0 Å². The average molecular weight is 247 g/mol. The maximum atomic E-state index is 11.0. The molecule has 0 aliphatic carbocycles. The number of rotatable bonds is 4. The van der Waals surface area contributed by atoms with Crippen molar-refractivity contribution in [2.75, 3.05) is 13.1 Å². The second-order valence-corrected chi connectivity index (χ2v) is 3.84. The third-order valence-electron chi connectivity index (χ3n) is 1.09. The van der Waals surface area contributed by atoms with Gasteiger partial charge in [0.2, 0.25) is 5.91 Å². The van der Waals surface area contributed by atoms with E-state index in [9.17, 15) is 18.0 Å². The molecule has 0 aromatic heterocycles. The number of carbonyl (C=O) groups excluding carboxylic acids is 2. The zero-order chi connectivity index (χ0) is 12.6. The van der Waals surface area contributed by atoms with Gasteiger partial charge in [0.25, 0.3) is 15.1 Å². The first kappa shape index (κ1) is 13.7. The standard InChI is InChI=1S/C4H5N7O4S/c5-10-7-1-3(12)9-16(14,15)4(13)2-8-11-6/h1-2H2,(H,9,12). The predicted molar refractivity (Wildman–Crippen MR) is 50.1 cm³/mol. The molecule has 0 rings (SSSR count). The quantitative estimate of drug-likeness (QED) is 0.402. The number of carbonyl (C=O) groups is 2. The van der Waals surface area contributed by atoms with Gasteiger partial charge in [-0.2, -0.15) is 8.42 Å². The van der Waals surface area contributed by atoms with Crippen LogP contribution in [0, 0.1) is 0 Å². The van der Waals surface area contributed by atoms with Crippen LogP contribution in [0.2, 0.25) is 0 Å². The van der Waals surface area contributed by atoms with Gasteiger partial charge in [0, 0.05) is 9.82 Å². The maximum absolute atomic E-state index is 11.0. The number of sulfonamides is 1. The third kappa shape index (κ3) is 4.81. The molecule has 0 fully saturated rings. The van der Waals surface area contributed by atoms with E-state index in [1.807, 2.05) is 0 Å². The molecule has 1 N–H and O–H groups in total. The monoisotopic (exact) mass is 247 g/mol. The van der Waals surface area contributed by atoms with Gasteiger partial charge in [-0.3, -0.25) is 9.59 Å². The molecule has 0 saturated heterocycles. The van der Waals surface area contributed by atoms with Crippen molar-refractivity contribution in [1.82, 2.24) is 4.72 Å². The van der Waals surface area contributed by atoms with E-state index in [-0.39, 0.29) is 0 Å². The Kier molecular flexibility index (Phi) is 5.35. The molecule has 0 heterocycles. The largest absolute Gasteiger partial charge is 0.298 e. The summed E-state index contributed by atoms with van der Waals surface area (Å²) in [5.74, 6) is -1.16. The van der Waals surface area contributed by atoms with E-state index in [0.29, 0.717) is 0 Å². The van der Waals surface area contributed by atoms with E-state index < -0.39 is 34.1 Å². The van der Waals surface area contributed by atoms with Crippen LogP contribution in [-0.2, 0) is 19.6 Å². The van der Waals surface area contributed by atoms with Crippen LogP contribution in [-0.4, -0.2) is 32.5 Å². The molecule has 0 saturated carbocycles. The number of azide groups is 2. The van der Waals surface area contributed by atoms with E-state index in [1.165, 1.54) is 4.72 Å². The Labute approximate surface area is 88.7 Å². The molecule has 0 unspecified atom stereocenters. The average Bonchev–Trinajstić information content (AvgIpc) is 2.22. The van der Waals surface area contributed by atoms with Gasteiger partial charge in [0.1, 0.15) is 13.1 Å². The van der Waals surface area contributed by atoms with Crippen LogP contribution < -0.4 is 4.72 Å². The van der Waals surface area contributed by atoms with Crippen LogP contribution in [0.3, 0.4) is 0 Å². The minimum Gasteiger partial charge on any atom is -0.279 e. The van der Waals surface area contributed by atoms with Gasteiger partial charge in [-0.15, -0.1) is 0 Å². The van der Waals surface area contributed by atoms with Crippen molar-refractivity contribution >= 4 is 21.0 Å². The lowest BCUT2D eigenvalue weighted by atomic mass is 10.7. The van der Waals surface area contributed by atoms with Gasteiger partial charge in [-0.05, 0) is 11.1 Å². The zero-order valence-corrected chi connectivity index (χ0v) is 8.46. The van der Waals surface area contributed by atoms with Crippen LogP contribution in [0.1, 0.15) is 0 Å². The second-order valence-electron chi connectivity index (χ2n) is 2.18. The molecule has 0 aliphatic rings. The van der Waals surface area contributed by atoms with Gasteiger partial charge in [-0.25, -0.2) is 4.72 Å². The van der Waals surface area contributed by atoms with E-state index in [0.717, 1.165) is 0 Å². The molecule has 0 spiro atoms. The highest BCUT2D eigenvalue weighted by Gasteiger charge is 2.22. The van der Waals surface area contributed by atoms with Crippen molar-refractivity contribution < 1.29 is 18.0 Å². The normalized spacial score (nSPS) is 9.50. The van der Waals surface area contributed by atoms with Crippen LogP contribution in [0.15, 0.2) is 10.2 Å². The lowest BCUT2D eigenvalue weighted by Crippen LogP contribution is -2.37. The van der Waals surface area contributed by atoms with Gasteiger partial charge < -0.3 is 0 Å². The molecule has 0 atom stereocenters. The van der Waals surface area contributed by atoms with E-state index >= 15 is 0 Å². The summed E-state index contributed by atoms with van der Waals surface area (Å²) < 4.78 is 23.4. The number of hydrogen-bond donors (Lipinski definition) is 1. The lowest BCUT2D eigenvalue weighted by molar-refractivity contribution is -0.118. The highest BCUT2D eigenvalue weighted by atomic mass is 32.2. The van der Waals surface area contributed by atoms with Crippen LogP contribution in [0.25, 0.3) is 20.9 Å². The molecular formula is C4H5N7O4S. The summed E-state index contributed by atoms with van der Waals surface area (Å²) in [6.07, 6.45) is 0. The fraction of sp³-hybridized carbons (Fsp3) is 0.500. The Morgan fingerprint density at radius 2 is 1.62 bits per heavy atom. The summed E-state index contributed by atoms with van der Waals surface area (Å²) in [7, 11) is -4.55. The van der Waals surface area contributed by atoms with Crippen molar-refractivity contribution in [2.45, 2.75) is 0 Å². The van der Waals surface area contributed by atoms with Crippen molar-refractivity contribution in [1.29, 1.82) is 0 Å². The van der Waals surface area contributed by atoms with Crippen molar-refractivity contribution in [2.24, 2.45) is 10.2 Å². The van der Waals surface area contributed by atoms with E-state index in [4.69, 9.17) is 11.1 Å². The summed E-state index contributed by atoms with van der Waals surface area (Å²) in [5, 5.41) is 4.06. The highest BCUT2D eigenvalue weighted by molar-refractivity contribution is 8.04. The molecule has 1 amide bonds. The lowest BCUT2D eigenvalue weighted by Gasteiger charge is -2.01. The van der Waals surface area contributed by atoms with Crippen molar-refractivity contribution in [3.05, 3.63) is 20.9 Å². The van der Waals surface area contributed by atoms with Crippen LogP contribution in [0.5, 0.6) is 0 Å². The van der Waals surface area contributed by atoms with Gasteiger partial charge >= 0.3 is 0 Å². The topological polar surface area (TPSA) is 178 Å². The van der Waals surface area contributed by atoms with Crippen molar-refractivity contribution in [3.63, 3.8) is 0 Å². The summed E-state index contributed by atoms with van der Waals surface area (Å²) in [4.78, 5) is 26.0. The van der Waals surface area contributed by atoms with Gasteiger partial charge in [-0.1, -0.05) is 10.2 Å². The molecule has 0 aliphatic heterocycles. The molecule has 11 nitrogen and oxygen atoms in total. The maximum Gasteiger partial charge on any atom is 0.298 e. The zero-order valence-electron chi connectivity index (χ0n) is 7.64. The SMILES string of the molecule is [N-]=[N+]=NCC(=O)NS(=O)(=O)C(=O)CN=[N+]=[N-]. The predicted octanol–water partition coefficient (Wildman–Crippen LogP) is -0.420. The molecule has 86 valence electrons. The number of amides is 1. The molecule has 12 heteroatoms.